The minimum absolute atomic E-state index is 0.153. The van der Waals surface area contributed by atoms with Gasteiger partial charge in [-0.1, -0.05) is 18.2 Å². The molecule has 5 nitrogen and oxygen atoms in total. The minimum Gasteiger partial charge on any atom is -0.497 e. The van der Waals surface area contributed by atoms with Crippen LogP contribution < -0.4 is 10.5 Å². The first-order chi connectivity index (χ1) is 13.1. The van der Waals surface area contributed by atoms with E-state index in [2.05, 4.69) is 0 Å². The van der Waals surface area contributed by atoms with Gasteiger partial charge in [0, 0.05) is 34.8 Å². The summed E-state index contributed by atoms with van der Waals surface area (Å²) >= 11 is 0. The van der Waals surface area contributed by atoms with Crippen LogP contribution in [0.4, 0.5) is 10.1 Å². The standard InChI is InChI=1S/C21H18FN3O2/c1-27-12-7-8-13(16(22)9-12)14-3-2-4-15-19(23)18-17(24-20(14)15)10-25(21(18)26)11-5-6-11/h2-4,7-11,26H,5-6,23H2,1H3. The van der Waals surface area contributed by atoms with Gasteiger partial charge >= 0.3 is 0 Å². The molecule has 2 aromatic carbocycles. The first-order valence-corrected chi connectivity index (χ1v) is 8.84. The summed E-state index contributed by atoms with van der Waals surface area (Å²) in [6, 6.07) is 10.5. The Labute approximate surface area is 154 Å². The van der Waals surface area contributed by atoms with Crippen LogP contribution in [0, 0.1) is 5.82 Å². The lowest BCUT2D eigenvalue weighted by Crippen LogP contribution is -1.94. The number of fused-ring (bicyclic) bond motifs is 2. The van der Waals surface area contributed by atoms with Crippen molar-refractivity contribution in [3.05, 3.63) is 48.4 Å². The average Bonchev–Trinajstić information content (AvgIpc) is 3.45. The second kappa shape index (κ2) is 5.61. The van der Waals surface area contributed by atoms with Gasteiger partial charge in [-0.3, -0.25) is 0 Å². The summed E-state index contributed by atoms with van der Waals surface area (Å²) in [5.74, 6) is 0.221. The van der Waals surface area contributed by atoms with Crippen LogP contribution in [0.3, 0.4) is 0 Å². The normalized spacial score (nSPS) is 14.1. The summed E-state index contributed by atoms with van der Waals surface area (Å²) in [5, 5.41) is 11.8. The highest BCUT2D eigenvalue weighted by molar-refractivity contribution is 6.12. The van der Waals surface area contributed by atoms with Crippen LogP contribution in [0.5, 0.6) is 11.6 Å². The number of hydrogen-bond donors (Lipinski definition) is 2. The Morgan fingerprint density at radius 2 is 2.04 bits per heavy atom. The number of rotatable bonds is 3. The summed E-state index contributed by atoms with van der Waals surface area (Å²) in [6.45, 7) is 0. The third-order valence-electron chi connectivity index (χ3n) is 5.22. The molecule has 0 unspecified atom stereocenters. The number of pyridine rings is 1. The fourth-order valence-electron chi connectivity index (χ4n) is 3.67. The molecular weight excluding hydrogens is 345 g/mol. The lowest BCUT2D eigenvalue weighted by Gasteiger charge is -2.11. The van der Waals surface area contributed by atoms with Crippen LogP contribution in [0.2, 0.25) is 0 Å². The van der Waals surface area contributed by atoms with Crippen molar-refractivity contribution >= 4 is 27.5 Å². The number of ether oxygens (including phenoxy) is 1. The summed E-state index contributed by atoms with van der Waals surface area (Å²) in [6.07, 6.45) is 3.91. The van der Waals surface area contributed by atoms with Gasteiger partial charge in [-0.15, -0.1) is 0 Å². The first-order valence-electron chi connectivity index (χ1n) is 8.84. The third-order valence-corrected chi connectivity index (χ3v) is 5.22. The largest absolute Gasteiger partial charge is 0.497 e. The maximum absolute atomic E-state index is 14.7. The van der Waals surface area contributed by atoms with E-state index in [1.165, 1.54) is 13.2 Å². The molecule has 1 aliphatic carbocycles. The van der Waals surface area contributed by atoms with Gasteiger partial charge in [0.1, 0.15) is 11.6 Å². The van der Waals surface area contributed by atoms with Crippen molar-refractivity contribution in [3.63, 3.8) is 0 Å². The number of para-hydroxylation sites is 1. The number of halogens is 1. The van der Waals surface area contributed by atoms with Gasteiger partial charge in [0.05, 0.1) is 29.2 Å². The summed E-state index contributed by atoms with van der Waals surface area (Å²) in [4.78, 5) is 4.73. The van der Waals surface area contributed by atoms with Crippen LogP contribution in [0.15, 0.2) is 42.6 Å². The van der Waals surface area contributed by atoms with Gasteiger partial charge in [0.2, 0.25) is 5.88 Å². The molecule has 0 atom stereocenters. The monoisotopic (exact) mass is 363 g/mol. The lowest BCUT2D eigenvalue weighted by atomic mass is 9.99. The molecular formula is C21H18FN3O2. The molecule has 5 rings (SSSR count). The van der Waals surface area contributed by atoms with Crippen molar-refractivity contribution in [3.8, 4) is 22.8 Å². The zero-order chi connectivity index (χ0) is 18.7. The molecule has 0 amide bonds. The van der Waals surface area contributed by atoms with E-state index in [9.17, 15) is 9.50 Å². The van der Waals surface area contributed by atoms with Crippen LogP contribution in [0.25, 0.3) is 32.9 Å². The van der Waals surface area contributed by atoms with E-state index in [0.29, 0.717) is 50.4 Å². The van der Waals surface area contributed by atoms with E-state index in [0.717, 1.165) is 12.8 Å². The number of aromatic nitrogens is 2. The summed E-state index contributed by atoms with van der Waals surface area (Å²) < 4.78 is 21.6. The maximum atomic E-state index is 14.7. The van der Waals surface area contributed by atoms with Crippen molar-refractivity contribution < 1.29 is 14.2 Å². The van der Waals surface area contributed by atoms with Gasteiger partial charge in [0.15, 0.2) is 0 Å². The highest BCUT2D eigenvalue weighted by atomic mass is 19.1. The Hall–Kier alpha value is -3.28. The molecule has 0 spiro atoms. The van der Waals surface area contributed by atoms with E-state index in [-0.39, 0.29) is 11.7 Å². The smallest absolute Gasteiger partial charge is 0.203 e. The number of anilines is 1. The fraction of sp³-hybridized carbons (Fsp3) is 0.190. The van der Waals surface area contributed by atoms with Gasteiger partial charge in [-0.2, -0.15) is 0 Å². The number of nitrogens with two attached hydrogens (primary N) is 1. The molecule has 6 heteroatoms. The zero-order valence-electron chi connectivity index (χ0n) is 14.7. The van der Waals surface area contributed by atoms with E-state index in [1.54, 1.807) is 12.1 Å². The van der Waals surface area contributed by atoms with Crippen molar-refractivity contribution in [1.29, 1.82) is 0 Å². The van der Waals surface area contributed by atoms with Gasteiger partial charge < -0.3 is 20.1 Å². The Bertz CT molecular complexity index is 1210. The molecule has 1 saturated carbocycles. The Morgan fingerprint density at radius 3 is 2.74 bits per heavy atom. The molecule has 0 radical (unpaired) electrons. The quantitative estimate of drug-likeness (QED) is 0.557. The molecule has 4 aromatic rings. The molecule has 2 heterocycles. The van der Waals surface area contributed by atoms with Crippen molar-refractivity contribution in [2.24, 2.45) is 0 Å². The summed E-state index contributed by atoms with van der Waals surface area (Å²) in [7, 11) is 1.50. The molecule has 136 valence electrons. The highest BCUT2D eigenvalue weighted by Gasteiger charge is 2.28. The molecule has 1 fully saturated rings. The highest BCUT2D eigenvalue weighted by Crippen LogP contribution is 2.45. The molecule has 0 saturated heterocycles. The predicted octanol–water partition coefficient (Wildman–Crippen LogP) is 4.63. The second-order valence-corrected chi connectivity index (χ2v) is 6.92. The summed E-state index contributed by atoms with van der Waals surface area (Å²) in [5.41, 5.74) is 9.16. The number of nitrogens with zero attached hydrogens (tertiary/aromatic N) is 2. The topological polar surface area (TPSA) is 73.3 Å². The van der Waals surface area contributed by atoms with E-state index >= 15 is 0 Å². The molecule has 0 bridgehead atoms. The maximum Gasteiger partial charge on any atom is 0.203 e. The van der Waals surface area contributed by atoms with Gasteiger partial charge in [-0.25, -0.2) is 9.37 Å². The van der Waals surface area contributed by atoms with Gasteiger partial charge in [-0.05, 0) is 25.0 Å². The SMILES string of the molecule is COc1ccc(-c2cccc3c(N)c4c(O)n(C5CC5)cc4nc23)c(F)c1. The molecule has 2 aromatic heterocycles. The predicted molar refractivity (Wildman–Crippen MR) is 104 cm³/mol. The van der Waals surface area contributed by atoms with Crippen molar-refractivity contribution in [2.45, 2.75) is 18.9 Å². The Kier molecular flexibility index (Phi) is 3.31. The minimum atomic E-state index is -0.388. The lowest BCUT2D eigenvalue weighted by molar-refractivity contribution is 0.411. The zero-order valence-corrected chi connectivity index (χ0v) is 14.7. The fourth-order valence-corrected chi connectivity index (χ4v) is 3.67. The number of methoxy groups -OCH3 is 1. The average molecular weight is 363 g/mol. The molecule has 0 aliphatic heterocycles. The molecule has 27 heavy (non-hydrogen) atoms. The number of nitrogen functional groups attached to an aromatic ring is 1. The Balaban J connectivity index is 1.81. The second-order valence-electron chi connectivity index (χ2n) is 6.92. The van der Waals surface area contributed by atoms with Crippen LogP contribution in [-0.4, -0.2) is 21.8 Å². The van der Waals surface area contributed by atoms with E-state index < -0.39 is 0 Å². The molecule has 1 aliphatic rings. The van der Waals surface area contributed by atoms with Crippen LogP contribution >= 0.6 is 0 Å². The van der Waals surface area contributed by atoms with Crippen molar-refractivity contribution in [1.82, 2.24) is 9.55 Å². The Morgan fingerprint density at radius 1 is 1.22 bits per heavy atom. The van der Waals surface area contributed by atoms with E-state index in [1.807, 2.05) is 29.0 Å². The van der Waals surface area contributed by atoms with Crippen LogP contribution in [-0.2, 0) is 0 Å². The number of hydrogen-bond acceptors (Lipinski definition) is 4. The third kappa shape index (κ3) is 2.33. The van der Waals surface area contributed by atoms with Gasteiger partial charge in [0.25, 0.3) is 0 Å². The van der Waals surface area contributed by atoms with Crippen molar-refractivity contribution in [2.75, 3.05) is 12.8 Å². The first kappa shape index (κ1) is 15.9. The van der Waals surface area contributed by atoms with Crippen LogP contribution in [0.1, 0.15) is 18.9 Å². The molecule has 3 N–H and O–H groups in total. The number of aromatic hydroxyl groups is 1. The number of benzene rings is 2. The van der Waals surface area contributed by atoms with E-state index in [4.69, 9.17) is 15.5 Å².